The molecule has 0 saturated carbocycles. The molecule has 0 aliphatic heterocycles. The number of benzene rings is 1. The number of rotatable bonds is 5. The Morgan fingerprint density at radius 3 is 1.94 bits per heavy atom. The first-order valence-electron chi connectivity index (χ1n) is 5.47. The van der Waals surface area contributed by atoms with E-state index in [1.807, 2.05) is 24.3 Å². The third kappa shape index (κ3) is 4.03. The Balaban J connectivity index is 2.61. The molecule has 0 saturated heterocycles. The minimum Gasteiger partial charge on any atom is -0.481 e. The van der Waals surface area contributed by atoms with E-state index in [-0.39, 0.29) is 12.0 Å². The van der Waals surface area contributed by atoms with Gasteiger partial charge >= 0.3 is 5.97 Å². The van der Waals surface area contributed by atoms with Crippen LogP contribution in [0.3, 0.4) is 0 Å². The topological polar surface area (TPSA) is 57.5 Å². The van der Waals surface area contributed by atoms with Crippen LogP contribution in [0, 0.1) is 5.92 Å². The van der Waals surface area contributed by atoms with Crippen LogP contribution >= 0.6 is 0 Å². The van der Waals surface area contributed by atoms with Gasteiger partial charge in [-0.25, -0.2) is 0 Å². The fraction of sp³-hybridized carbons (Fsp3) is 0.462. The molecule has 1 rings (SSSR count). The van der Waals surface area contributed by atoms with Gasteiger partial charge in [0.05, 0.1) is 12.0 Å². The predicted octanol–water partition coefficient (Wildman–Crippen LogP) is 1.87. The van der Waals surface area contributed by atoms with E-state index in [1.165, 1.54) is 0 Å². The molecule has 3 nitrogen and oxygen atoms in total. The summed E-state index contributed by atoms with van der Waals surface area (Å²) in [7, 11) is 0. The number of hydrogen-bond donors (Lipinski definition) is 2. The van der Waals surface area contributed by atoms with Gasteiger partial charge in [-0.1, -0.05) is 31.2 Å². The van der Waals surface area contributed by atoms with Crippen LogP contribution in [0.5, 0.6) is 0 Å². The molecule has 0 amide bonds. The fourth-order valence-electron chi connectivity index (χ4n) is 1.59. The largest absolute Gasteiger partial charge is 0.481 e. The minimum atomic E-state index is -0.770. The third-order valence-electron chi connectivity index (χ3n) is 2.52. The maximum absolute atomic E-state index is 10.7. The monoisotopic (exact) mass is 222 g/mol. The molecular formula is C13H18O3. The summed E-state index contributed by atoms with van der Waals surface area (Å²) in [5.74, 6) is -1.13. The van der Waals surface area contributed by atoms with Crippen LogP contribution in [0.4, 0.5) is 0 Å². The lowest BCUT2D eigenvalue weighted by molar-refractivity contribution is -0.141. The van der Waals surface area contributed by atoms with E-state index in [2.05, 4.69) is 0 Å². The molecule has 0 aromatic heterocycles. The average Bonchev–Trinajstić information content (AvgIpc) is 2.20. The molecule has 0 bridgehead atoms. The molecule has 0 aliphatic rings. The summed E-state index contributed by atoms with van der Waals surface area (Å²) in [6.07, 6.45) is 0.836. The number of hydrogen-bond acceptors (Lipinski definition) is 2. The Morgan fingerprint density at radius 1 is 1.12 bits per heavy atom. The van der Waals surface area contributed by atoms with E-state index < -0.39 is 5.97 Å². The van der Waals surface area contributed by atoms with E-state index in [1.54, 1.807) is 13.8 Å². The van der Waals surface area contributed by atoms with Crippen molar-refractivity contribution in [2.75, 3.05) is 0 Å². The van der Waals surface area contributed by atoms with Gasteiger partial charge in [0.15, 0.2) is 0 Å². The number of carbonyl (C=O) groups is 1. The molecule has 88 valence electrons. The van der Waals surface area contributed by atoms with Crippen LogP contribution in [-0.2, 0) is 17.6 Å². The van der Waals surface area contributed by atoms with Crippen molar-refractivity contribution in [3.63, 3.8) is 0 Å². The van der Waals surface area contributed by atoms with Gasteiger partial charge in [-0.2, -0.15) is 0 Å². The zero-order chi connectivity index (χ0) is 12.1. The number of aliphatic carboxylic acids is 1. The lowest BCUT2D eigenvalue weighted by Gasteiger charge is -2.08. The molecule has 0 aliphatic carbocycles. The Hall–Kier alpha value is -1.35. The first-order valence-corrected chi connectivity index (χ1v) is 5.47. The minimum absolute atomic E-state index is 0.344. The second-order valence-corrected chi connectivity index (χ2v) is 4.31. The summed E-state index contributed by atoms with van der Waals surface area (Å²) in [4.78, 5) is 10.7. The highest BCUT2D eigenvalue weighted by Crippen LogP contribution is 2.11. The number of carboxylic acid groups (broad SMARTS) is 1. The van der Waals surface area contributed by atoms with Gasteiger partial charge in [-0.15, -0.1) is 0 Å². The van der Waals surface area contributed by atoms with Crippen molar-refractivity contribution in [2.45, 2.75) is 32.8 Å². The Kier molecular flexibility index (Phi) is 4.50. The zero-order valence-corrected chi connectivity index (χ0v) is 9.68. The lowest BCUT2D eigenvalue weighted by Crippen LogP contribution is -2.12. The van der Waals surface area contributed by atoms with Gasteiger partial charge in [-0.05, 0) is 30.9 Å². The van der Waals surface area contributed by atoms with Crippen molar-refractivity contribution < 1.29 is 15.0 Å². The van der Waals surface area contributed by atoms with E-state index in [0.29, 0.717) is 12.8 Å². The van der Waals surface area contributed by atoms with E-state index in [4.69, 9.17) is 5.11 Å². The summed E-state index contributed by atoms with van der Waals surface area (Å²) in [5, 5.41) is 18.0. The molecule has 3 heteroatoms. The van der Waals surface area contributed by atoms with Crippen LogP contribution < -0.4 is 0 Å². The van der Waals surface area contributed by atoms with Gasteiger partial charge in [0.1, 0.15) is 0 Å². The first kappa shape index (κ1) is 12.7. The molecule has 1 aromatic carbocycles. The SMILES string of the molecule is CC(O)Cc1ccc(CC(C)C(=O)O)cc1. The summed E-state index contributed by atoms with van der Waals surface area (Å²) < 4.78 is 0. The van der Waals surface area contributed by atoms with E-state index in [9.17, 15) is 9.90 Å². The first-order chi connectivity index (χ1) is 7.49. The van der Waals surface area contributed by atoms with Crippen LogP contribution in [0.1, 0.15) is 25.0 Å². The summed E-state index contributed by atoms with van der Waals surface area (Å²) in [6, 6.07) is 7.74. The zero-order valence-electron chi connectivity index (χ0n) is 9.68. The summed E-state index contributed by atoms with van der Waals surface area (Å²) in [5.41, 5.74) is 2.09. The van der Waals surface area contributed by atoms with Gasteiger partial charge in [0.25, 0.3) is 0 Å². The summed E-state index contributed by atoms with van der Waals surface area (Å²) >= 11 is 0. The Labute approximate surface area is 95.7 Å². The van der Waals surface area contributed by atoms with Crippen LogP contribution in [-0.4, -0.2) is 22.3 Å². The van der Waals surface area contributed by atoms with E-state index in [0.717, 1.165) is 11.1 Å². The molecule has 16 heavy (non-hydrogen) atoms. The van der Waals surface area contributed by atoms with Crippen LogP contribution in [0.2, 0.25) is 0 Å². The van der Waals surface area contributed by atoms with Gasteiger partial charge in [-0.3, -0.25) is 4.79 Å². The van der Waals surface area contributed by atoms with Crippen molar-refractivity contribution in [3.8, 4) is 0 Å². The van der Waals surface area contributed by atoms with Crippen molar-refractivity contribution in [1.29, 1.82) is 0 Å². The van der Waals surface area contributed by atoms with Gasteiger partial charge < -0.3 is 10.2 Å². The molecule has 0 fully saturated rings. The standard InChI is InChI=1S/C13H18O3/c1-9(13(15)16)7-11-3-5-12(6-4-11)8-10(2)14/h3-6,9-10,14H,7-8H2,1-2H3,(H,15,16). The maximum atomic E-state index is 10.7. The molecule has 0 spiro atoms. The Morgan fingerprint density at radius 2 is 1.56 bits per heavy atom. The van der Waals surface area contributed by atoms with E-state index >= 15 is 0 Å². The second-order valence-electron chi connectivity index (χ2n) is 4.31. The molecule has 2 unspecified atom stereocenters. The number of carboxylic acids is 1. The average molecular weight is 222 g/mol. The number of aliphatic hydroxyl groups is 1. The smallest absolute Gasteiger partial charge is 0.306 e. The molecular weight excluding hydrogens is 204 g/mol. The van der Waals surface area contributed by atoms with Crippen molar-refractivity contribution in [1.82, 2.24) is 0 Å². The molecule has 1 aromatic rings. The second kappa shape index (κ2) is 5.66. The van der Waals surface area contributed by atoms with Gasteiger partial charge in [0, 0.05) is 0 Å². The fourth-order valence-corrected chi connectivity index (χ4v) is 1.59. The molecule has 2 N–H and O–H groups in total. The highest BCUT2D eigenvalue weighted by molar-refractivity contribution is 5.69. The van der Waals surface area contributed by atoms with Crippen molar-refractivity contribution >= 4 is 5.97 Å². The van der Waals surface area contributed by atoms with Crippen molar-refractivity contribution in [2.24, 2.45) is 5.92 Å². The molecule has 2 atom stereocenters. The normalized spacial score (nSPS) is 14.4. The maximum Gasteiger partial charge on any atom is 0.306 e. The van der Waals surface area contributed by atoms with Crippen LogP contribution in [0.15, 0.2) is 24.3 Å². The Bertz CT molecular complexity index is 341. The highest BCUT2D eigenvalue weighted by Gasteiger charge is 2.11. The molecule has 0 heterocycles. The molecule has 0 radical (unpaired) electrons. The van der Waals surface area contributed by atoms with Crippen LogP contribution in [0.25, 0.3) is 0 Å². The summed E-state index contributed by atoms with van der Waals surface area (Å²) in [6.45, 7) is 3.45. The highest BCUT2D eigenvalue weighted by atomic mass is 16.4. The quantitative estimate of drug-likeness (QED) is 0.799. The van der Waals surface area contributed by atoms with Gasteiger partial charge in [0.2, 0.25) is 0 Å². The van der Waals surface area contributed by atoms with Crippen molar-refractivity contribution in [3.05, 3.63) is 35.4 Å². The predicted molar refractivity (Wildman–Crippen MR) is 62.3 cm³/mol. The third-order valence-corrected chi connectivity index (χ3v) is 2.52. The lowest BCUT2D eigenvalue weighted by atomic mass is 9.99. The number of aliphatic hydroxyl groups excluding tert-OH is 1.